The molecule has 0 heterocycles. The van der Waals surface area contributed by atoms with E-state index in [0.717, 1.165) is 0 Å². The van der Waals surface area contributed by atoms with Crippen LogP contribution in [-0.2, 0) is 10.8 Å². The van der Waals surface area contributed by atoms with Crippen LogP contribution in [0.15, 0.2) is 71.8 Å². The fourth-order valence-electron chi connectivity index (χ4n) is 6.02. The third-order valence-corrected chi connectivity index (χ3v) is 8.32. The molecule has 5 rings (SSSR count). The quantitative estimate of drug-likeness (QED) is 0.357. The van der Waals surface area contributed by atoms with Crippen molar-refractivity contribution in [3.63, 3.8) is 0 Å². The molecule has 35 heavy (non-hydrogen) atoms. The minimum atomic E-state index is 0.0968. The Labute approximate surface area is 212 Å². The van der Waals surface area contributed by atoms with Gasteiger partial charge < -0.3 is 0 Å². The van der Waals surface area contributed by atoms with Crippen LogP contribution in [-0.4, -0.2) is 0 Å². The molecule has 0 saturated carbocycles. The first kappa shape index (κ1) is 23.9. The first-order valence-electron chi connectivity index (χ1n) is 13.2. The largest absolute Gasteiger partial charge is 0.0619 e. The van der Waals surface area contributed by atoms with Crippen molar-refractivity contribution in [1.29, 1.82) is 0 Å². The monoisotopic (exact) mass is 460 g/mol. The molecule has 0 aromatic heterocycles. The summed E-state index contributed by atoms with van der Waals surface area (Å²) in [6.07, 6.45) is 2.39. The fraction of sp³-hybridized carbons (Fsp3) is 0.371. The van der Waals surface area contributed by atoms with Crippen molar-refractivity contribution in [2.75, 3.05) is 0 Å². The van der Waals surface area contributed by atoms with E-state index in [0.29, 0.717) is 11.8 Å². The van der Waals surface area contributed by atoms with E-state index in [1.807, 2.05) is 0 Å². The van der Waals surface area contributed by atoms with Crippen LogP contribution in [0, 0.1) is 0 Å². The second-order valence-corrected chi connectivity index (χ2v) is 12.8. The van der Waals surface area contributed by atoms with Gasteiger partial charge in [-0.05, 0) is 74.8 Å². The minimum Gasteiger partial charge on any atom is -0.0619 e. The smallest absolute Gasteiger partial charge is 0.0311 e. The molecule has 0 spiro atoms. The van der Waals surface area contributed by atoms with Gasteiger partial charge in [0.15, 0.2) is 0 Å². The van der Waals surface area contributed by atoms with E-state index in [4.69, 9.17) is 0 Å². The van der Waals surface area contributed by atoms with Crippen molar-refractivity contribution in [3.05, 3.63) is 105 Å². The van der Waals surface area contributed by atoms with Crippen molar-refractivity contribution < 1.29 is 0 Å². The lowest BCUT2D eigenvalue weighted by molar-refractivity contribution is 0.569. The van der Waals surface area contributed by atoms with Crippen LogP contribution in [0.2, 0.25) is 0 Å². The molecule has 0 fully saturated rings. The zero-order valence-corrected chi connectivity index (χ0v) is 23.0. The van der Waals surface area contributed by atoms with Gasteiger partial charge in [0.1, 0.15) is 0 Å². The molecule has 2 unspecified atom stereocenters. The molecule has 2 aliphatic carbocycles. The predicted octanol–water partition coefficient (Wildman–Crippen LogP) is 10.0. The molecule has 0 N–H and O–H groups in total. The minimum absolute atomic E-state index is 0.0968. The Morgan fingerprint density at radius 3 is 1.91 bits per heavy atom. The second kappa shape index (κ2) is 8.09. The maximum atomic E-state index is 2.45. The van der Waals surface area contributed by atoms with Crippen LogP contribution in [0.1, 0.15) is 108 Å². The Bertz CT molecular complexity index is 1350. The standard InChI is InChI=1S/C35H40/c1-21-17-24-13-10-11-14-29(24)31(21)32-23(3)22(2)28-15-12-16-30(33(28)32)25-18-26(34(4,5)6)20-27(19-25)35(7,8)9/h10-20,22,31H,1-9H3. The Morgan fingerprint density at radius 2 is 1.29 bits per heavy atom. The molecular weight excluding hydrogens is 420 g/mol. The van der Waals surface area contributed by atoms with Crippen LogP contribution in [0.5, 0.6) is 0 Å². The third kappa shape index (κ3) is 3.92. The number of benzene rings is 3. The van der Waals surface area contributed by atoms with Gasteiger partial charge in [0.2, 0.25) is 0 Å². The van der Waals surface area contributed by atoms with E-state index in [9.17, 15) is 0 Å². The highest BCUT2D eigenvalue weighted by atomic mass is 14.4. The van der Waals surface area contributed by atoms with Crippen molar-refractivity contribution in [2.24, 2.45) is 0 Å². The average molecular weight is 461 g/mol. The van der Waals surface area contributed by atoms with Crippen LogP contribution >= 0.6 is 0 Å². The van der Waals surface area contributed by atoms with Gasteiger partial charge in [-0.25, -0.2) is 0 Å². The SMILES string of the molecule is CC1=Cc2ccccc2C1C1=C(C)C(C)c2cccc(-c3cc(C(C)(C)C)cc(C(C)(C)C)c3)c21. The summed E-state index contributed by atoms with van der Waals surface area (Å²) < 4.78 is 0. The van der Waals surface area contributed by atoms with Crippen LogP contribution in [0.3, 0.4) is 0 Å². The number of hydrogen-bond donors (Lipinski definition) is 0. The molecule has 180 valence electrons. The van der Waals surface area contributed by atoms with Gasteiger partial charge in [-0.2, -0.15) is 0 Å². The molecule has 3 aromatic rings. The Hall–Kier alpha value is -2.86. The number of hydrogen-bond acceptors (Lipinski definition) is 0. The highest BCUT2D eigenvalue weighted by Crippen LogP contribution is 2.55. The zero-order chi connectivity index (χ0) is 25.3. The van der Waals surface area contributed by atoms with Gasteiger partial charge >= 0.3 is 0 Å². The molecule has 2 atom stereocenters. The van der Waals surface area contributed by atoms with Gasteiger partial charge in [-0.1, -0.05) is 126 Å². The average Bonchev–Trinajstić information content (AvgIpc) is 3.25. The van der Waals surface area contributed by atoms with E-state index < -0.39 is 0 Å². The van der Waals surface area contributed by atoms with Gasteiger partial charge in [-0.3, -0.25) is 0 Å². The van der Waals surface area contributed by atoms with Gasteiger partial charge in [0, 0.05) is 11.8 Å². The topological polar surface area (TPSA) is 0 Å². The third-order valence-electron chi connectivity index (χ3n) is 8.32. The van der Waals surface area contributed by atoms with Crippen LogP contribution in [0.4, 0.5) is 0 Å². The highest BCUT2D eigenvalue weighted by Gasteiger charge is 2.36. The second-order valence-electron chi connectivity index (χ2n) is 12.8. The summed E-state index contributed by atoms with van der Waals surface area (Å²) in [4.78, 5) is 0. The summed E-state index contributed by atoms with van der Waals surface area (Å²) in [6.45, 7) is 21.0. The van der Waals surface area contributed by atoms with Crippen LogP contribution < -0.4 is 0 Å². The van der Waals surface area contributed by atoms with Crippen molar-refractivity contribution >= 4 is 11.6 Å². The van der Waals surface area contributed by atoms with E-state index in [1.165, 1.54) is 61.2 Å². The lowest BCUT2D eigenvalue weighted by atomic mass is 9.77. The van der Waals surface area contributed by atoms with E-state index in [-0.39, 0.29) is 10.8 Å². The summed E-state index contributed by atoms with van der Waals surface area (Å²) >= 11 is 0. The zero-order valence-electron chi connectivity index (χ0n) is 23.0. The molecular formula is C35H40. The van der Waals surface area contributed by atoms with Gasteiger partial charge in [0.25, 0.3) is 0 Å². The van der Waals surface area contributed by atoms with Gasteiger partial charge in [0.05, 0.1) is 0 Å². The van der Waals surface area contributed by atoms with E-state index in [2.05, 4.69) is 129 Å². The first-order chi connectivity index (χ1) is 16.4. The fourth-order valence-corrected chi connectivity index (χ4v) is 6.02. The molecule has 0 nitrogen and oxygen atoms in total. The molecule has 0 bridgehead atoms. The summed E-state index contributed by atoms with van der Waals surface area (Å²) in [5, 5.41) is 0. The maximum Gasteiger partial charge on any atom is 0.0311 e. The normalized spacial score (nSPS) is 19.6. The number of rotatable bonds is 2. The molecule has 0 amide bonds. The summed E-state index contributed by atoms with van der Waals surface area (Å²) in [5.41, 5.74) is 16.0. The molecule has 2 aliphatic rings. The first-order valence-corrected chi connectivity index (χ1v) is 13.2. The predicted molar refractivity (Wildman–Crippen MR) is 153 cm³/mol. The van der Waals surface area contributed by atoms with Crippen molar-refractivity contribution in [3.8, 4) is 11.1 Å². The van der Waals surface area contributed by atoms with E-state index >= 15 is 0 Å². The molecule has 0 saturated heterocycles. The summed E-state index contributed by atoms with van der Waals surface area (Å²) in [6, 6.07) is 23.3. The van der Waals surface area contributed by atoms with E-state index in [1.54, 1.807) is 0 Å². The molecule has 0 radical (unpaired) electrons. The van der Waals surface area contributed by atoms with Crippen molar-refractivity contribution in [2.45, 2.75) is 85.0 Å². The summed E-state index contributed by atoms with van der Waals surface area (Å²) in [7, 11) is 0. The number of allylic oxidation sites excluding steroid dienone is 3. The lowest BCUT2D eigenvalue weighted by Crippen LogP contribution is -2.16. The Kier molecular flexibility index (Phi) is 5.51. The van der Waals surface area contributed by atoms with Crippen molar-refractivity contribution in [1.82, 2.24) is 0 Å². The molecule has 0 aliphatic heterocycles. The van der Waals surface area contributed by atoms with Gasteiger partial charge in [-0.15, -0.1) is 0 Å². The Morgan fingerprint density at radius 1 is 0.686 bits per heavy atom. The lowest BCUT2D eigenvalue weighted by Gasteiger charge is -2.27. The highest BCUT2D eigenvalue weighted by molar-refractivity contribution is 5.94. The van der Waals surface area contributed by atoms with Crippen LogP contribution in [0.25, 0.3) is 22.8 Å². The molecule has 0 heteroatoms. The summed E-state index contributed by atoms with van der Waals surface area (Å²) in [5.74, 6) is 0.775. The Balaban J connectivity index is 1.77. The molecule has 3 aromatic carbocycles. The number of fused-ring (bicyclic) bond motifs is 2. The maximum absolute atomic E-state index is 2.45.